The third kappa shape index (κ3) is 3.39. The highest BCUT2D eigenvalue weighted by Gasteiger charge is 2.32. The molecule has 0 saturated carbocycles. The first-order chi connectivity index (χ1) is 9.79. The number of pyridine rings is 1. The first-order valence-corrected chi connectivity index (χ1v) is 6.20. The molecule has 0 aliphatic rings. The molecule has 6 heteroatoms. The van der Waals surface area contributed by atoms with Crippen molar-refractivity contribution in [2.45, 2.75) is 20.0 Å². The number of hydrogen-bond acceptors (Lipinski definition) is 2. The molecule has 1 heterocycles. The van der Waals surface area contributed by atoms with E-state index in [2.05, 4.69) is 10.3 Å². The molecule has 0 fully saturated rings. The fraction of sp³-hybridized carbons (Fsp3) is 0.200. The van der Waals surface area contributed by atoms with Crippen LogP contribution in [0.3, 0.4) is 0 Å². The summed E-state index contributed by atoms with van der Waals surface area (Å²) in [5.41, 5.74) is 1.46. The summed E-state index contributed by atoms with van der Waals surface area (Å²) in [5, 5.41) is 2.69. The van der Waals surface area contributed by atoms with Gasteiger partial charge in [-0.3, -0.25) is 9.78 Å². The summed E-state index contributed by atoms with van der Waals surface area (Å²) in [7, 11) is 0. The average molecular weight is 294 g/mol. The lowest BCUT2D eigenvalue weighted by Gasteiger charge is -2.11. The number of aromatic nitrogens is 1. The van der Waals surface area contributed by atoms with Gasteiger partial charge < -0.3 is 5.32 Å². The van der Waals surface area contributed by atoms with Gasteiger partial charge in [0.25, 0.3) is 5.91 Å². The maximum absolute atomic E-state index is 12.4. The van der Waals surface area contributed by atoms with Crippen LogP contribution in [0.15, 0.2) is 36.5 Å². The molecule has 1 aromatic carbocycles. The maximum Gasteiger partial charge on any atom is 0.433 e. The third-order valence-corrected chi connectivity index (χ3v) is 3.04. The van der Waals surface area contributed by atoms with Gasteiger partial charge in [-0.15, -0.1) is 0 Å². The van der Waals surface area contributed by atoms with Crippen molar-refractivity contribution in [1.29, 1.82) is 0 Å². The number of amides is 1. The van der Waals surface area contributed by atoms with Crippen molar-refractivity contribution in [3.63, 3.8) is 0 Å². The van der Waals surface area contributed by atoms with Gasteiger partial charge in [-0.2, -0.15) is 13.2 Å². The molecule has 1 N–H and O–H groups in total. The van der Waals surface area contributed by atoms with Crippen LogP contribution in [0.4, 0.5) is 18.9 Å². The van der Waals surface area contributed by atoms with E-state index in [-0.39, 0.29) is 5.56 Å². The number of alkyl halides is 3. The molecule has 1 amide bonds. The van der Waals surface area contributed by atoms with Crippen molar-refractivity contribution in [1.82, 2.24) is 4.98 Å². The van der Waals surface area contributed by atoms with E-state index in [1.165, 1.54) is 0 Å². The second kappa shape index (κ2) is 5.55. The molecule has 2 rings (SSSR count). The third-order valence-electron chi connectivity index (χ3n) is 3.04. The highest BCUT2D eigenvalue weighted by molar-refractivity contribution is 6.04. The van der Waals surface area contributed by atoms with E-state index >= 15 is 0 Å². The van der Waals surface area contributed by atoms with Gasteiger partial charge in [-0.25, -0.2) is 0 Å². The number of anilines is 1. The molecule has 110 valence electrons. The molecule has 0 spiro atoms. The zero-order chi connectivity index (χ0) is 15.6. The summed E-state index contributed by atoms with van der Waals surface area (Å²) in [4.78, 5) is 15.3. The molecule has 0 bridgehead atoms. The molecule has 3 nitrogen and oxygen atoms in total. The van der Waals surface area contributed by atoms with Crippen LogP contribution in [-0.4, -0.2) is 10.9 Å². The zero-order valence-corrected chi connectivity index (χ0v) is 11.5. The van der Waals surface area contributed by atoms with Gasteiger partial charge in [0, 0.05) is 11.9 Å². The van der Waals surface area contributed by atoms with Crippen LogP contribution in [0, 0.1) is 13.8 Å². The highest BCUT2D eigenvalue weighted by Crippen LogP contribution is 2.27. The van der Waals surface area contributed by atoms with Crippen LogP contribution >= 0.6 is 0 Å². The monoisotopic (exact) mass is 294 g/mol. The van der Waals surface area contributed by atoms with Crippen molar-refractivity contribution in [3.05, 3.63) is 58.9 Å². The second-order valence-corrected chi connectivity index (χ2v) is 4.65. The molecule has 0 radical (unpaired) electrons. The zero-order valence-electron chi connectivity index (χ0n) is 11.5. The minimum Gasteiger partial charge on any atom is -0.321 e. The van der Waals surface area contributed by atoms with Crippen LogP contribution in [-0.2, 0) is 6.18 Å². The molecule has 21 heavy (non-hydrogen) atoms. The Morgan fingerprint density at radius 1 is 1.10 bits per heavy atom. The Balaban J connectivity index is 2.21. The van der Waals surface area contributed by atoms with Crippen molar-refractivity contribution in [2.75, 3.05) is 5.32 Å². The fourth-order valence-electron chi connectivity index (χ4n) is 1.89. The van der Waals surface area contributed by atoms with Crippen LogP contribution in [0.2, 0.25) is 0 Å². The predicted octanol–water partition coefficient (Wildman–Crippen LogP) is 3.97. The van der Waals surface area contributed by atoms with Crippen LogP contribution < -0.4 is 5.32 Å². The Bertz CT molecular complexity index is 643. The van der Waals surface area contributed by atoms with Gasteiger partial charge in [0.05, 0.1) is 5.56 Å². The highest BCUT2D eigenvalue weighted by atomic mass is 19.4. The number of halogens is 3. The Morgan fingerprint density at radius 2 is 1.71 bits per heavy atom. The largest absolute Gasteiger partial charge is 0.433 e. The molecule has 1 aromatic heterocycles. The number of hydrogen-bond donors (Lipinski definition) is 1. The minimum atomic E-state index is -4.51. The Labute approximate surface area is 119 Å². The lowest BCUT2D eigenvalue weighted by molar-refractivity contribution is -0.141. The quantitative estimate of drug-likeness (QED) is 0.910. The van der Waals surface area contributed by atoms with E-state index in [0.29, 0.717) is 5.69 Å². The summed E-state index contributed by atoms with van der Waals surface area (Å²) in [6.07, 6.45) is -3.59. The minimum absolute atomic E-state index is 0.0747. The SMILES string of the molecule is Cc1cccc(C)c1NC(=O)c1ccc(C(F)(F)F)nc1. The Hall–Kier alpha value is -2.37. The lowest BCUT2D eigenvalue weighted by Crippen LogP contribution is -2.15. The molecule has 0 unspecified atom stereocenters. The van der Waals surface area contributed by atoms with E-state index in [9.17, 15) is 18.0 Å². The fourth-order valence-corrected chi connectivity index (χ4v) is 1.89. The van der Waals surface area contributed by atoms with Crippen molar-refractivity contribution in [3.8, 4) is 0 Å². The molecular formula is C15H13F3N2O. The van der Waals surface area contributed by atoms with Gasteiger partial charge in [0.15, 0.2) is 0 Å². The van der Waals surface area contributed by atoms with Crippen LogP contribution in [0.5, 0.6) is 0 Å². The van der Waals surface area contributed by atoms with Crippen molar-refractivity contribution < 1.29 is 18.0 Å². The Kier molecular flexibility index (Phi) is 3.97. The lowest BCUT2D eigenvalue weighted by atomic mass is 10.1. The second-order valence-electron chi connectivity index (χ2n) is 4.65. The number of benzene rings is 1. The standard InChI is InChI=1S/C15H13F3N2O/c1-9-4-3-5-10(2)13(9)20-14(21)11-6-7-12(19-8-11)15(16,17)18/h3-8H,1-2H3,(H,20,21). The van der Waals surface area contributed by atoms with E-state index in [1.807, 2.05) is 32.0 Å². The number of para-hydroxylation sites is 1. The smallest absolute Gasteiger partial charge is 0.321 e. The molecular weight excluding hydrogens is 281 g/mol. The molecule has 0 aliphatic carbocycles. The van der Waals surface area contributed by atoms with Gasteiger partial charge in [0.1, 0.15) is 5.69 Å². The Morgan fingerprint density at radius 3 is 2.19 bits per heavy atom. The number of aryl methyl sites for hydroxylation is 2. The first kappa shape index (κ1) is 15.0. The van der Waals surface area contributed by atoms with E-state index in [4.69, 9.17) is 0 Å². The summed E-state index contributed by atoms with van der Waals surface area (Å²) in [5.74, 6) is -0.492. The number of carbonyl (C=O) groups excluding carboxylic acids is 1. The van der Waals surface area contributed by atoms with Crippen LogP contribution in [0.1, 0.15) is 27.2 Å². The molecule has 0 atom stereocenters. The normalized spacial score (nSPS) is 11.3. The number of nitrogens with zero attached hydrogens (tertiary/aromatic N) is 1. The van der Waals surface area contributed by atoms with Gasteiger partial charge in [-0.05, 0) is 37.1 Å². The predicted molar refractivity (Wildman–Crippen MR) is 73.1 cm³/mol. The first-order valence-electron chi connectivity index (χ1n) is 6.20. The number of rotatable bonds is 2. The number of carbonyl (C=O) groups is 1. The van der Waals surface area contributed by atoms with Crippen molar-refractivity contribution in [2.24, 2.45) is 0 Å². The maximum atomic E-state index is 12.4. The number of nitrogens with one attached hydrogen (secondary N) is 1. The molecule has 0 saturated heterocycles. The van der Waals surface area contributed by atoms with Crippen molar-refractivity contribution >= 4 is 11.6 Å². The van der Waals surface area contributed by atoms with Crippen LogP contribution in [0.25, 0.3) is 0 Å². The van der Waals surface area contributed by atoms with E-state index in [1.54, 1.807) is 0 Å². The average Bonchev–Trinajstić information content (AvgIpc) is 2.42. The van der Waals surface area contributed by atoms with Gasteiger partial charge in [0.2, 0.25) is 0 Å². The molecule has 2 aromatic rings. The topological polar surface area (TPSA) is 42.0 Å². The summed E-state index contributed by atoms with van der Waals surface area (Å²) < 4.78 is 37.2. The van der Waals surface area contributed by atoms with Gasteiger partial charge >= 0.3 is 6.18 Å². The summed E-state index contributed by atoms with van der Waals surface area (Å²) >= 11 is 0. The van der Waals surface area contributed by atoms with Gasteiger partial charge in [-0.1, -0.05) is 18.2 Å². The van der Waals surface area contributed by atoms with E-state index < -0.39 is 17.8 Å². The summed E-state index contributed by atoms with van der Waals surface area (Å²) in [6.45, 7) is 3.68. The van der Waals surface area contributed by atoms with E-state index in [0.717, 1.165) is 29.5 Å². The summed E-state index contributed by atoms with van der Waals surface area (Å²) in [6, 6.07) is 7.44. The molecule has 0 aliphatic heterocycles.